The number of ketones is 1. The van der Waals surface area contributed by atoms with Crippen LogP contribution in [0.15, 0.2) is 36.5 Å². The minimum absolute atomic E-state index is 0.0324. The van der Waals surface area contributed by atoms with Crippen LogP contribution in [0.1, 0.15) is 40.0 Å². The van der Waals surface area contributed by atoms with Crippen molar-refractivity contribution < 1.29 is 43.3 Å². The molecule has 0 radical (unpaired) electrons. The van der Waals surface area contributed by atoms with E-state index in [0.717, 1.165) is 25.0 Å². The second kappa shape index (κ2) is 16.9. The zero-order chi connectivity index (χ0) is 22.8. The minimum atomic E-state index is -1.12. The number of Topliss-reactive ketones (excluding diaryl/α,β-unsaturated/α-hetero) is 1. The molecule has 29 heavy (non-hydrogen) atoms. The number of unbranched alkanes of at least 4 members (excludes halogenated alkanes) is 1. The number of aliphatic carboxylic acids is 1. The van der Waals surface area contributed by atoms with Crippen LogP contribution in [0.5, 0.6) is 0 Å². The predicted octanol–water partition coefficient (Wildman–Crippen LogP) is 2.15. The molecule has 1 N–H and O–H groups in total. The van der Waals surface area contributed by atoms with Gasteiger partial charge >= 0.3 is 23.9 Å². The van der Waals surface area contributed by atoms with Crippen molar-refractivity contribution >= 4 is 29.7 Å². The number of hydrogen-bond donors (Lipinski definition) is 1. The average molecular weight is 412 g/mol. The summed E-state index contributed by atoms with van der Waals surface area (Å²) in [5, 5.41) is 8.28. The average Bonchev–Trinajstić information content (AvgIpc) is 2.62. The molecule has 0 aliphatic heterocycles. The quantitative estimate of drug-likeness (QED) is 0.128. The molecule has 0 unspecified atom stereocenters. The minimum Gasteiger partial charge on any atom is -0.478 e. The van der Waals surface area contributed by atoms with Crippen LogP contribution in [-0.2, 0) is 38.2 Å². The molecule has 0 aliphatic rings. The van der Waals surface area contributed by atoms with Gasteiger partial charge in [0.1, 0.15) is 25.4 Å². The van der Waals surface area contributed by atoms with Gasteiger partial charge in [-0.05, 0) is 26.3 Å². The van der Waals surface area contributed by atoms with E-state index in [1.54, 1.807) is 0 Å². The third-order valence-corrected chi connectivity index (χ3v) is 2.74. The number of carboxylic acid groups (broad SMARTS) is 1. The second-order valence-corrected chi connectivity index (χ2v) is 5.70. The molecule has 0 aromatic rings. The number of carbonyl (C=O) groups excluding carboxylic acids is 4. The lowest BCUT2D eigenvalue weighted by atomic mass is 10.3. The lowest BCUT2D eigenvalue weighted by molar-refractivity contribution is -0.151. The van der Waals surface area contributed by atoms with Gasteiger partial charge in [-0.3, -0.25) is 9.59 Å². The molecule has 0 aromatic heterocycles. The number of hydrogen-bond acceptors (Lipinski definition) is 8. The van der Waals surface area contributed by atoms with Crippen molar-refractivity contribution in [2.45, 2.75) is 40.0 Å². The first-order valence-corrected chi connectivity index (χ1v) is 8.75. The fourth-order valence-corrected chi connectivity index (χ4v) is 1.31. The Morgan fingerprint density at radius 1 is 0.862 bits per heavy atom. The van der Waals surface area contributed by atoms with E-state index in [9.17, 15) is 24.0 Å². The van der Waals surface area contributed by atoms with Crippen molar-refractivity contribution in [1.29, 1.82) is 0 Å². The van der Waals surface area contributed by atoms with Crippen LogP contribution >= 0.6 is 0 Å². The van der Waals surface area contributed by atoms with Gasteiger partial charge in [0.05, 0.1) is 12.2 Å². The maximum absolute atomic E-state index is 11.1. The third kappa shape index (κ3) is 19.3. The molecule has 162 valence electrons. The van der Waals surface area contributed by atoms with Gasteiger partial charge in [0.15, 0.2) is 0 Å². The SMILES string of the molecule is C=C(C)C(=O)OCCOC(=O)CC(C)=O.C=C(C=CC(=O)O)C(=O)OCCCC. The predicted molar refractivity (Wildman–Crippen MR) is 104 cm³/mol. The zero-order valence-electron chi connectivity index (χ0n) is 17.0. The van der Waals surface area contributed by atoms with Crippen molar-refractivity contribution in [3.05, 3.63) is 36.5 Å². The summed E-state index contributed by atoms with van der Waals surface area (Å²) < 4.78 is 14.1. The largest absolute Gasteiger partial charge is 0.478 e. The lowest BCUT2D eigenvalue weighted by Crippen LogP contribution is -2.15. The van der Waals surface area contributed by atoms with Gasteiger partial charge in [0.2, 0.25) is 0 Å². The Morgan fingerprint density at radius 2 is 1.41 bits per heavy atom. The van der Waals surface area contributed by atoms with E-state index < -0.39 is 23.9 Å². The summed E-state index contributed by atoms with van der Waals surface area (Å²) in [6, 6.07) is 0. The van der Waals surface area contributed by atoms with Gasteiger partial charge in [-0.15, -0.1) is 0 Å². The molecule has 0 rings (SSSR count). The molecule has 0 aromatic carbocycles. The number of rotatable bonds is 12. The lowest BCUT2D eigenvalue weighted by Gasteiger charge is -2.05. The van der Waals surface area contributed by atoms with E-state index in [4.69, 9.17) is 9.84 Å². The maximum atomic E-state index is 11.1. The Labute approximate surface area is 170 Å². The third-order valence-electron chi connectivity index (χ3n) is 2.74. The van der Waals surface area contributed by atoms with Crippen LogP contribution in [0.3, 0.4) is 0 Å². The van der Waals surface area contributed by atoms with Gasteiger partial charge < -0.3 is 19.3 Å². The van der Waals surface area contributed by atoms with Crippen molar-refractivity contribution in [3.8, 4) is 0 Å². The van der Waals surface area contributed by atoms with E-state index in [-0.39, 0.29) is 36.6 Å². The molecule has 0 spiro atoms. The van der Waals surface area contributed by atoms with Crippen LogP contribution in [0, 0.1) is 0 Å². The number of ether oxygens (including phenoxy) is 3. The fourth-order valence-electron chi connectivity index (χ4n) is 1.31. The number of esters is 3. The van der Waals surface area contributed by atoms with Crippen LogP contribution in [0.25, 0.3) is 0 Å². The molecular formula is C20H28O9. The van der Waals surface area contributed by atoms with Crippen molar-refractivity contribution in [3.63, 3.8) is 0 Å². The normalized spacial score (nSPS) is 9.62. The summed E-state index contributed by atoms with van der Waals surface area (Å²) in [6.45, 7) is 11.8. The van der Waals surface area contributed by atoms with Crippen LogP contribution in [0.4, 0.5) is 0 Å². The van der Waals surface area contributed by atoms with E-state index in [2.05, 4.69) is 22.6 Å². The molecule has 0 saturated carbocycles. The van der Waals surface area contributed by atoms with Gasteiger partial charge in [0.25, 0.3) is 0 Å². The summed E-state index contributed by atoms with van der Waals surface area (Å²) >= 11 is 0. The Morgan fingerprint density at radius 3 is 1.90 bits per heavy atom. The Kier molecular flexibility index (Phi) is 16.3. The highest BCUT2D eigenvalue weighted by atomic mass is 16.6. The summed E-state index contributed by atoms with van der Waals surface area (Å²) in [5.41, 5.74) is 0.327. The van der Waals surface area contributed by atoms with Gasteiger partial charge in [-0.1, -0.05) is 26.5 Å². The smallest absolute Gasteiger partial charge is 0.337 e. The molecule has 0 heterocycles. The van der Waals surface area contributed by atoms with Gasteiger partial charge in [0, 0.05) is 11.6 Å². The second-order valence-electron chi connectivity index (χ2n) is 5.70. The van der Waals surface area contributed by atoms with Gasteiger partial charge in [-0.2, -0.15) is 0 Å². The first-order valence-electron chi connectivity index (χ1n) is 8.75. The van der Waals surface area contributed by atoms with Gasteiger partial charge in [-0.25, -0.2) is 14.4 Å². The molecule has 9 heteroatoms. The first-order chi connectivity index (χ1) is 13.5. The molecular weight excluding hydrogens is 384 g/mol. The highest BCUT2D eigenvalue weighted by Crippen LogP contribution is 1.98. The van der Waals surface area contributed by atoms with E-state index in [1.807, 2.05) is 6.92 Å². The maximum Gasteiger partial charge on any atom is 0.337 e. The standard InChI is InChI=1S/C10H14O5.C10H14O4/c1-7(2)10(13)15-5-4-14-9(12)6-8(3)11;1-3-4-7-14-10(13)8(2)5-6-9(11)12/h1,4-6H2,2-3H3;5-6H,2-4,7H2,1H3,(H,11,12). The van der Waals surface area contributed by atoms with E-state index in [1.165, 1.54) is 13.8 Å². The van der Waals surface area contributed by atoms with E-state index in [0.29, 0.717) is 6.61 Å². The summed E-state index contributed by atoms with van der Waals surface area (Å²) in [7, 11) is 0. The molecule has 0 atom stereocenters. The highest BCUT2D eigenvalue weighted by Gasteiger charge is 2.07. The topological polar surface area (TPSA) is 133 Å². The zero-order valence-corrected chi connectivity index (χ0v) is 17.0. The summed E-state index contributed by atoms with van der Waals surface area (Å²) in [6.07, 6.45) is 3.45. The van der Waals surface area contributed by atoms with E-state index >= 15 is 0 Å². The molecule has 0 fully saturated rings. The molecule has 9 nitrogen and oxygen atoms in total. The number of carbonyl (C=O) groups is 5. The van der Waals surface area contributed by atoms with Crippen molar-refractivity contribution in [2.75, 3.05) is 19.8 Å². The van der Waals surface area contributed by atoms with Crippen molar-refractivity contribution in [2.24, 2.45) is 0 Å². The number of carboxylic acids is 1. The first kappa shape index (κ1) is 28.0. The van der Waals surface area contributed by atoms with Crippen molar-refractivity contribution in [1.82, 2.24) is 0 Å². The Bertz CT molecular complexity index is 644. The molecule has 0 aliphatic carbocycles. The summed E-state index contributed by atoms with van der Waals surface area (Å²) in [5.74, 6) is -3.10. The Balaban J connectivity index is 0. The van der Waals surface area contributed by atoms with Crippen LogP contribution < -0.4 is 0 Å². The van der Waals surface area contributed by atoms with Crippen LogP contribution in [0.2, 0.25) is 0 Å². The molecule has 0 saturated heterocycles. The fraction of sp³-hybridized carbons (Fsp3) is 0.450. The molecule has 0 bridgehead atoms. The summed E-state index contributed by atoms with van der Waals surface area (Å²) in [4.78, 5) is 53.3. The van der Waals surface area contributed by atoms with Crippen LogP contribution in [-0.4, -0.2) is 54.6 Å². The monoisotopic (exact) mass is 412 g/mol. The highest BCUT2D eigenvalue weighted by molar-refractivity contribution is 5.94. The Hall–Kier alpha value is -3.23. The molecule has 0 amide bonds.